The van der Waals surface area contributed by atoms with Gasteiger partial charge in [-0.3, -0.25) is 4.79 Å². The molecule has 0 radical (unpaired) electrons. The summed E-state index contributed by atoms with van der Waals surface area (Å²) in [5, 5.41) is 12.3. The summed E-state index contributed by atoms with van der Waals surface area (Å²) in [6.07, 6.45) is 2.77. The fourth-order valence-electron chi connectivity index (χ4n) is 1.31. The summed E-state index contributed by atoms with van der Waals surface area (Å²) in [5.74, 6) is 0.183. The van der Waals surface area contributed by atoms with E-state index in [0.717, 1.165) is 18.0 Å². The Morgan fingerprint density at radius 3 is 2.94 bits per heavy atom. The Labute approximate surface area is 103 Å². The smallest absolute Gasteiger partial charge is 0.237 e. The van der Waals surface area contributed by atoms with Gasteiger partial charge in [-0.1, -0.05) is 11.8 Å². The van der Waals surface area contributed by atoms with Crippen molar-refractivity contribution in [3.8, 4) is 0 Å². The zero-order valence-corrected chi connectivity index (χ0v) is 10.5. The fraction of sp³-hybridized carbons (Fsp3) is 0.778. The Bertz CT molecular complexity index is 413. The summed E-state index contributed by atoms with van der Waals surface area (Å²) < 4.78 is 1.84. The quantitative estimate of drug-likeness (QED) is 0.675. The van der Waals surface area contributed by atoms with Gasteiger partial charge in [0.15, 0.2) is 0 Å². The number of aromatic nitrogens is 4. The van der Waals surface area contributed by atoms with Gasteiger partial charge in [0, 0.05) is 5.75 Å². The summed E-state index contributed by atoms with van der Waals surface area (Å²) in [5.41, 5.74) is 9.99. The number of hydrogen-bond acceptors (Lipinski definition) is 6. The SMILES string of the molecule is CC(N)(CCSc1nnnn1C1CC1)C(N)=O. The maximum Gasteiger partial charge on any atom is 0.237 e. The molecule has 0 spiro atoms. The monoisotopic (exact) mass is 256 g/mol. The van der Waals surface area contributed by atoms with Crippen LogP contribution in [-0.2, 0) is 4.79 Å². The highest BCUT2D eigenvalue weighted by Gasteiger charge is 2.29. The number of hydrogen-bond donors (Lipinski definition) is 2. The molecular formula is C9H16N6OS. The Morgan fingerprint density at radius 2 is 2.35 bits per heavy atom. The molecule has 0 saturated heterocycles. The highest BCUT2D eigenvalue weighted by molar-refractivity contribution is 7.99. The lowest BCUT2D eigenvalue weighted by Crippen LogP contribution is -2.49. The van der Waals surface area contributed by atoms with E-state index in [0.29, 0.717) is 18.2 Å². The van der Waals surface area contributed by atoms with Gasteiger partial charge in [-0.25, -0.2) is 4.68 Å². The van der Waals surface area contributed by atoms with E-state index in [1.165, 1.54) is 11.8 Å². The Balaban J connectivity index is 1.85. The van der Waals surface area contributed by atoms with Crippen LogP contribution < -0.4 is 11.5 Å². The minimum atomic E-state index is -0.967. The molecule has 1 aliphatic carbocycles. The van der Waals surface area contributed by atoms with Crippen LogP contribution in [-0.4, -0.2) is 37.4 Å². The van der Waals surface area contributed by atoms with Crippen LogP contribution in [0, 0.1) is 0 Å². The molecule has 1 atom stereocenters. The van der Waals surface area contributed by atoms with E-state index >= 15 is 0 Å². The van der Waals surface area contributed by atoms with Crippen LogP contribution in [0.1, 0.15) is 32.2 Å². The summed E-state index contributed by atoms with van der Waals surface area (Å²) >= 11 is 1.51. The molecule has 1 unspecified atom stereocenters. The van der Waals surface area contributed by atoms with Gasteiger partial charge >= 0.3 is 0 Å². The molecule has 7 nitrogen and oxygen atoms in total. The molecule has 1 aromatic rings. The fourth-order valence-corrected chi connectivity index (χ4v) is 2.43. The number of nitrogens with two attached hydrogens (primary N) is 2. The number of carbonyl (C=O) groups is 1. The summed E-state index contributed by atoms with van der Waals surface area (Å²) in [4.78, 5) is 11.0. The van der Waals surface area contributed by atoms with E-state index in [-0.39, 0.29) is 0 Å². The number of carbonyl (C=O) groups excluding carboxylic acids is 1. The first-order valence-corrected chi connectivity index (χ1v) is 6.49. The zero-order valence-electron chi connectivity index (χ0n) is 9.67. The molecule has 1 fully saturated rings. The molecule has 0 bridgehead atoms. The topological polar surface area (TPSA) is 113 Å². The van der Waals surface area contributed by atoms with Crippen LogP contribution in [0.3, 0.4) is 0 Å². The highest BCUT2D eigenvalue weighted by Crippen LogP contribution is 2.36. The molecule has 1 aromatic heterocycles. The first-order chi connectivity index (χ1) is 8.00. The summed E-state index contributed by atoms with van der Waals surface area (Å²) in [7, 11) is 0. The molecule has 1 amide bonds. The van der Waals surface area contributed by atoms with Crippen molar-refractivity contribution in [1.29, 1.82) is 0 Å². The third-order valence-corrected chi connectivity index (χ3v) is 3.71. The van der Waals surface area contributed by atoms with E-state index in [1.54, 1.807) is 6.92 Å². The predicted molar refractivity (Wildman–Crippen MR) is 63.2 cm³/mol. The second-order valence-corrected chi connectivity index (χ2v) is 5.58. The van der Waals surface area contributed by atoms with Crippen LogP contribution in [0.5, 0.6) is 0 Å². The molecule has 0 aliphatic heterocycles. The van der Waals surface area contributed by atoms with Crippen molar-refractivity contribution in [3.05, 3.63) is 0 Å². The maximum atomic E-state index is 11.0. The van der Waals surface area contributed by atoms with E-state index < -0.39 is 11.4 Å². The zero-order chi connectivity index (χ0) is 12.5. The Kier molecular flexibility index (Phi) is 3.34. The van der Waals surface area contributed by atoms with Crippen LogP contribution >= 0.6 is 11.8 Å². The minimum Gasteiger partial charge on any atom is -0.368 e. The van der Waals surface area contributed by atoms with Crippen molar-refractivity contribution in [2.75, 3.05) is 5.75 Å². The third-order valence-electron chi connectivity index (χ3n) is 2.77. The molecule has 94 valence electrons. The molecule has 4 N–H and O–H groups in total. The first-order valence-electron chi connectivity index (χ1n) is 5.50. The van der Waals surface area contributed by atoms with Gasteiger partial charge in [-0.15, -0.1) is 5.10 Å². The minimum absolute atomic E-state index is 0.452. The number of tetrazole rings is 1. The Hall–Kier alpha value is -1.15. The van der Waals surface area contributed by atoms with Crippen molar-refractivity contribution in [2.45, 2.75) is 42.9 Å². The second kappa shape index (κ2) is 4.61. The Morgan fingerprint density at radius 1 is 1.65 bits per heavy atom. The summed E-state index contributed by atoms with van der Waals surface area (Å²) in [6.45, 7) is 1.64. The standard InChI is InChI=1S/C9H16N6OS/c1-9(11,7(10)16)4-5-17-8-12-13-14-15(8)6-2-3-6/h6H,2-5,11H2,1H3,(H2,10,16). The lowest BCUT2D eigenvalue weighted by Gasteiger charge is -2.19. The van der Waals surface area contributed by atoms with E-state index in [9.17, 15) is 4.79 Å². The van der Waals surface area contributed by atoms with Gasteiger partial charge in [-0.2, -0.15) is 0 Å². The average Bonchev–Trinajstić information content (AvgIpc) is 2.99. The van der Waals surface area contributed by atoms with E-state index in [2.05, 4.69) is 15.5 Å². The summed E-state index contributed by atoms with van der Waals surface area (Å²) in [6, 6.07) is 0.452. The van der Waals surface area contributed by atoms with Gasteiger partial charge in [-0.05, 0) is 36.6 Å². The van der Waals surface area contributed by atoms with Crippen molar-refractivity contribution in [3.63, 3.8) is 0 Å². The van der Waals surface area contributed by atoms with Crippen LogP contribution in [0.25, 0.3) is 0 Å². The van der Waals surface area contributed by atoms with Crippen molar-refractivity contribution in [1.82, 2.24) is 20.2 Å². The predicted octanol–water partition coefficient (Wildman–Crippen LogP) is -0.307. The molecular weight excluding hydrogens is 240 g/mol. The molecule has 2 rings (SSSR count). The van der Waals surface area contributed by atoms with Gasteiger partial charge < -0.3 is 11.5 Å². The number of nitrogens with zero attached hydrogens (tertiary/aromatic N) is 4. The normalized spacial score (nSPS) is 18.9. The van der Waals surface area contributed by atoms with Gasteiger partial charge in [0.05, 0.1) is 11.6 Å². The maximum absolute atomic E-state index is 11.0. The van der Waals surface area contributed by atoms with Crippen LogP contribution in [0.2, 0.25) is 0 Å². The van der Waals surface area contributed by atoms with Crippen LogP contribution in [0.15, 0.2) is 5.16 Å². The number of rotatable bonds is 6. The largest absolute Gasteiger partial charge is 0.368 e. The molecule has 1 aliphatic rings. The second-order valence-electron chi connectivity index (χ2n) is 4.52. The van der Waals surface area contributed by atoms with Gasteiger partial charge in [0.2, 0.25) is 11.1 Å². The third kappa shape index (κ3) is 2.95. The average molecular weight is 256 g/mol. The van der Waals surface area contributed by atoms with Gasteiger partial charge in [0.1, 0.15) is 0 Å². The molecule has 1 saturated carbocycles. The van der Waals surface area contributed by atoms with E-state index in [1.807, 2.05) is 4.68 Å². The lowest BCUT2D eigenvalue weighted by molar-refractivity contribution is -0.122. The van der Waals surface area contributed by atoms with Gasteiger partial charge in [0.25, 0.3) is 0 Å². The number of thioether (sulfide) groups is 1. The van der Waals surface area contributed by atoms with E-state index in [4.69, 9.17) is 11.5 Å². The lowest BCUT2D eigenvalue weighted by atomic mass is 10.0. The molecule has 8 heteroatoms. The van der Waals surface area contributed by atoms with Crippen LogP contribution in [0.4, 0.5) is 0 Å². The number of primary amides is 1. The van der Waals surface area contributed by atoms with Crippen molar-refractivity contribution in [2.24, 2.45) is 11.5 Å². The highest BCUT2D eigenvalue weighted by atomic mass is 32.2. The van der Waals surface area contributed by atoms with Crippen molar-refractivity contribution >= 4 is 17.7 Å². The first kappa shape index (κ1) is 12.3. The number of amides is 1. The molecule has 17 heavy (non-hydrogen) atoms. The van der Waals surface area contributed by atoms with Crippen molar-refractivity contribution < 1.29 is 4.79 Å². The molecule has 1 heterocycles. The molecule has 0 aromatic carbocycles.